The van der Waals surface area contributed by atoms with Crippen molar-refractivity contribution in [3.63, 3.8) is 0 Å². The van der Waals surface area contributed by atoms with Gasteiger partial charge in [-0.3, -0.25) is 4.79 Å². The van der Waals surface area contributed by atoms with Gasteiger partial charge in [-0.15, -0.1) is 0 Å². The fourth-order valence-electron chi connectivity index (χ4n) is 2.40. The molecule has 20 heavy (non-hydrogen) atoms. The zero-order valence-electron chi connectivity index (χ0n) is 12.1. The monoisotopic (exact) mass is 280 g/mol. The lowest BCUT2D eigenvalue weighted by Crippen LogP contribution is -2.34. The van der Waals surface area contributed by atoms with Crippen LogP contribution in [0.3, 0.4) is 0 Å². The Morgan fingerprint density at radius 3 is 2.95 bits per heavy atom. The summed E-state index contributed by atoms with van der Waals surface area (Å²) in [5.74, 6) is 0.942. The van der Waals surface area contributed by atoms with E-state index < -0.39 is 0 Å². The van der Waals surface area contributed by atoms with E-state index in [1.807, 2.05) is 19.1 Å². The second-order valence-electron chi connectivity index (χ2n) is 5.06. The molecule has 0 saturated carbocycles. The number of furan rings is 1. The highest BCUT2D eigenvalue weighted by Gasteiger charge is 2.16. The third-order valence-corrected chi connectivity index (χ3v) is 3.62. The van der Waals surface area contributed by atoms with Crippen molar-refractivity contribution in [2.75, 3.05) is 26.2 Å². The van der Waals surface area contributed by atoms with Crippen molar-refractivity contribution < 1.29 is 13.9 Å². The number of hydrogen-bond donors (Lipinski definition) is 1. The molecule has 5 nitrogen and oxygen atoms in total. The first-order valence-corrected chi connectivity index (χ1v) is 7.42. The largest absolute Gasteiger partial charge is 0.467 e. The maximum Gasteiger partial charge on any atom is 0.225 e. The van der Waals surface area contributed by atoms with E-state index in [4.69, 9.17) is 9.15 Å². The number of carbonyl (C=O) groups excluding carboxylic acids is 1. The summed E-state index contributed by atoms with van der Waals surface area (Å²) in [6.07, 6.45) is 4.46. The summed E-state index contributed by atoms with van der Waals surface area (Å²) in [6.45, 7) is 5.74. The Bertz CT molecular complexity index is 386. The molecule has 0 bridgehead atoms. The third-order valence-electron chi connectivity index (χ3n) is 3.62. The van der Waals surface area contributed by atoms with E-state index in [1.165, 1.54) is 0 Å². The van der Waals surface area contributed by atoms with Crippen LogP contribution in [0.1, 0.15) is 31.9 Å². The smallest absolute Gasteiger partial charge is 0.225 e. The van der Waals surface area contributed by atoms with Crippen LogP contribution in [-0.4, -0.2) is 43.2 Å². The Hall–Kier alpha value is -1.33. The predicted molar refractivity (Wildman–Crippen MR) is 76.3 cm³/mol. The molecule has 1 aliphatic heterocycles. The third kappa shape index (κ3) is 4.65. The lowest BCUT2D eigenvalue weighted by Gasteiger charge is -2.24. The van der Waals surface area contributed by atoms with Gasteiger partial charge in [-0.05, 0) is 45.0 Å². The second kappa shape index (κ2) is 8.07. The van der Waals surface area contributed by atoms with E-state index >= 15 is 0 Å². The van der Waals surface area contributed by atoms with E-state index in [-0.39, 0.29) is 5.91 Å². The molecule has 1 aromatic heterocycles. The number of amides is 1. The number of hydrogen-bond acceptors (Lipinski definition) is 4. The van der Waals surface area contributed by atoms with Crippen molar-refractivity contribution in [2.45, 2.75) is 38.8 Å². The fraction of sp³-hybridized carbons (Fsp3) is 0.667. The zero-order valence-corrected chi connectivity index (χ0v) is 12.1. The van der Waals surface area contributed by atoms with Gasteiger partial charge in [0.1, 0.15) is 5.76 Å². The van der Waals surface area contributed by atoms with Crippen molar-refractivity contribution in [3.8, 4) is 0 Å². The van der Waals surface area contributed by atoms with Gasteiger partial charge in [0.25, 0.3) is 0 Å². The number of carbonyl (C=O) groups is 1. The first-order valence-electron chi connectivity index (χ1n) is 7.42. The van der Waals surface area contributed by atoms with Gasteiger partial charge in [0.05, 0.1) is 31.9 Å². The SMILES string of the molecule is CCN(Cc1ccco1)C(=O)CCOC1CCNCC1. The molecule has 1 amide bonds. The van der Waals surface area contributed by atoms with Crippen molar-refractivity contribution in [1.82, 2.24) is 10.2 Å². The van der Waals surface area contributed by atoms with E-state index in [9.17, 15) is 4.79 Å². The predicted octanol–water partition coefficient (Wildman–Crippen LogP) is 1.79. The van der Waals surface area contributed by atoms with Crippen LogP contribution in [0, 0.1) is 0 Å². The lowest BCUT2D eigenvalue weighted by molar-refractivity contribution is -0.133. The van der Waals surface area contributed by atoms with Crippen LogP contribution in [0.4, 0.5) is 0 Å². The molecule has 0 atom stereocenters. The van der Waals surface area contributed by atoms with Crippen molar-refractivity contribution in [1.29, 1.82) is 0 Å². The molecular formula is C15H24N2O3. The van der Waals surface area contributed by atoms with Gasteiger partial charge in [-0.1, -0.05) is 0 Å². The lowest BCUT2D eigenvalue weighted by atomic mass is 10.1. The van der Waals surface area contributed by atoms with Gasteiger partial charge in [0.2, 0.25) is 5.91 Å². The van der Waals surface area contributed by atoms with E-state index in [0.29, 0.717) is 32.2 Å². The number of piperidine rings is 1. The minimum atomic E-state index is 0.123. The maximum atomic E-state index is 12.1. The number of ether oxygens (including phenoxy) is 1. The van der Waals surface area contributed by atoms with Crippen LogP contribution < -0.4 is 5.32 Å². The van der Waals surface area contributed by atoms with E-state index in [1.54, 1.807) is 11.2 Å². The molecule has 1 N–H and O–H groups in total. The molecular weight excluding hydrogens is 256 g/mol. The molecule has 0 aliphatic carbocycles. The first kappa shape index (κ1) is 15.1. The molecule has 1 saturated heterocycles. The average Bonchev–Trinajstić information content (AvgIpc) is 2.98. The van der Waals surface area contributed by atoms with Crippen LogP contribution >= 0.6 is 0 Å². The van der Waals surface area contributed by atoms with E-state index in [2.05, 4.69) is 5.32 Å². The van der Waals surface area contributed by atoms with Gasteiger partial charge in [0, 0.05) is 6.54 Å². The fourth-order valence-corrected chi connectivity index (χ4v) is 2.40. The minimum Gasteiger partial charge on any atom is -0.467 e. The molecule has 0 aromatic carbocycles. The number of nitrogens with zero attached hydrogens (tertiary/aromatic N) is 1. The van der Waals surface area contributed by atoms with Gasteiger partial charge >= 0.3 is 0 Å². The average molecular weight is 280 g/mol. The Morgan fingerprint density at radius 2 is 2.30 bits per heavy atom. The van der Waals surface area contributed by atoms with Crippen LogP contribution in [-0.2, 0) is 16.1 Å². The summed E-state index contributed by atoms with van der Waals surface area (Å²) < 4.78 is 11.1. The summed E-state index contributed by atoms with van der Waals surface area (Å²) in [6, 6.07) is 3.73. The normalized spacial score (nSPS) is 16.2. The van der Waals surface area contributed by atoms with Crippen LogP contribution in [0.15, 0.2) is 22.8 Å². The summed E-state index contributed by atoms with van der Waals surface area (Å²) in [4.78, 5) is 13.9. The highest BCUT2D eigenvalue weighted by atomic mass is 16.5. The van der Waals surface area contributed by atoms with Crippen LogP contribution in [0.2, 0.25) is 0 Å². The molecule has 2 heterocycles. The molecule has 2 rings (SSSR count). The van der Waals surface area contributed by atoms with Gasteiger partial charge in [-0.2, -0.15) is 0 Å². The standard InChI is InChI=1S/C15H24N2O3/c1-2-17(12-14-4-3-10-19-14)15(18)7-11-20-13-5-8-16-9-6-13/h3-4,10,13,16H,2,5-9,11-12H2,1H3. The van der Waals surface area contributed by atoms with Crippen molar-refractivity contribution >= 4 is 5.91 Å². The minimum absolute atomic E-state index is 0.123. The molecule has 1 fully saturated rings. The summed E-state index contributed by atoms with van der Waals surface area (Å²) in [7, 11) is 0. The molecule has 112 valence electrons. The van der Waals surface area contributed by atoms with Crippen molar-refractivity contribution in [2.24, 2.45) is 0 Å². The molecule has 0 spiro atoms. The molecule has 0 unspecified atom stereocenters. The highest BCUT2D eigenvalue weighted by molar-refractivity contribution is 5.76. The molecule has 1 aliphatic rings. The summed E-state index contributed by atoms with van der Waals surface area (Å²) in [5, 5.41) is 3.30. The Labute approximate surface area is 120 Å². The van der Waals surface area contributed by atoms with E-state index in [0.717, 1.165) is 31.7 Å². The quantitative estimate of drug-likeness (QED) is 0.827. The number of nitrogens with one attached hydrogen (secondary N) is 1. The van der Waals surface area contributed by atoms with Gasteiger partial charge in [0.15, 0.2) is 0 Å². The topological polar surface area (TPSA) is 54.7 Å². The van der Waals surface area contributed by atoms with Gasteiger partial charge in [-0.25, -0.2) is 0 Å². The van der Waals surface area contributed by atoms with Crippen molar-refractivity contribution in [3.05, 3.63) is 24.2 Å². The first-order chi connectivity index (χ1) is 9.79. The molecule has 0 radical (unpaired) electrons. The van der Waals surface area contributed by atoms with Crippen LogP contribution in [0.25, 0.3) is 0 Å². The molecule has 5 heteroatoms. The second-order valence-corrected chi connectivity index (χ2v) is 5.06. The zero-order chi connectivity index (χ0) is 14.2. The Kier molecular flexibility index (Phi) is 6.08. The summed E-state index contributed by atoms with van der Waals surface area (Å²) >= 11 is 0. The van der Waals surface area contributed by atoms with Gasteiger partial charge < -0.3 is 19.4 Å². The maximum absolute atomic E-state index is 12.1. The summed E-state index contributed by atoms with van der Waals surface area (Å²) in [5.41, 5.74) is 0. The molecule has 1 aromatic rings. The van der Waals surface area contributed by atoms with Crippen LogP contribution in [0.5, 0.6) is 0 Å². The highest BCUT2D eigenvalue weighted by Crippen LogP contribution is 2.10. The number of rotatable bonds is 7. The Morgan fingerprint density at radius 1 is 1.50 bits per heavy atom. The Balaban J connectivity index is 1.69.